The SMILES string of the molecule is CCOC(=O)Nc1nc(=O)n(C2O[C@H](C(=O)O)[C@@H](O)[C@H]2O)cc1F. The first-order valence-electron chi connectivity index (χ1n) is 6.73. The number of carbonyl (C=O) groups excluding carboxylic acids is 1. The third-order valence-electron chi connectivity index (χ3n) is 3.16. The summed E-state index contributed by atoms with van der Waals surface area (Å²) in [6.45, 7) is 1.53. The van der Waals surface area contributed by atoms with Gasteiger partial charge in [0.15, 0.2) is 24.0 Å². The molecule has 11 nitrogen and oxygen atoms in total. The maximum atomic E-state index is 14.0. The highest BCUT2D eigenvalue weighted by molar-refractivity contribution is 5.83. The van der Waals surface area contributed by atoms with Crippen molar-refractivity contribution in [2.75, 3.05) is 11.9 Å². The zero-order valence-electron chi connectivity index (χ0n) is 12.2. The summed E-state index contributed by atoms with van der Waals surface area (Å²) in [5.74, 6) is -3.43. The number of halogens is 1. The van der Waals surface area contributed by atoms with Gasteiger partial charge in [-0.3, -0.25) is 9.88 Å². The summed E-state index contributed by atoms with van der Waals surface area (Å²) in [6, 6.07) is 0. The Balaban J connectivity index is 2.30. The number of aliphatic hydroxyl groups is 2. The molecule has 4 atom stereocenters. The van der Waals surface area contributed by atoms with Crippen LogP contribution in [0.15, 0.2) is 11.0 Å². The number of carbonyl (C=O) groups is 2. The lowest BCUT2D eigenvalue weighted by atomic mass is 10.1. The van der Waals surface area contributed by atoms with E-state index in [-0.39, 0.29) is 6.61 Å². The second kappa shape index (κ2) is 6.90. The maximum Gasteiger partial charge on any atom is 0.412 e. The maximum absolute atomic E-state index is 14.0. The molecular weight excluding hydrogens is 333 g/mol. The van der Waals surface area contributed by atoms with Gasteiger partial charge in [-0.2, -0.15) is 4.98 Å². The topological polar surface area (TPSA) is 160 Å². The van der Waals surface area contributed by atoms with E-state index in [2.05, 4.69) is 9.72 Å². The number of nitrogens with one attached hydrogen (secondary N) is 1. The average Bonchev–Trinajstić information content (AvgIpc) is 2.79. The Hall–Kier alpha value is -2.57. The summed E-state index contributed by atoms with van der Waals surface area (Å²) in [5, 5.41) is 30.1. The predicted octanol–water partition coefficient (Wildman–Crippen LogP) is -1.35. The molecule has 24 heavy (non-hydrogen) atoms. The molecule has 4 N–H and O–H groups in total. The molecule has 132 valence electrons. The fraction of sp³-hybridized carbons (Fsp3) is 0.500. The van der Waals surface area contributed by atoms with Crippen LogP contribution in [-0.4, -0.2) is 61.9 Å². The lowest BCUT2D eigenvalue weighted by Crippen LogP contribution is -2.37. The van der Waals surface area contributed by atoms with Crippen molar-refractivity contribution in [1.29, 1.82) is 0 Å². The van der Waals surface area contributed by atoms with Crippen molar-refractivity contribution < 1.29 is 38.8 Å². The first kappa shape index (κ1) is 17.8. The van der Waals surface area contributed by atoms with Crippen LogP contribution in [0.1, 0.15) is 13.2 Å². The number of rotatable bonds is 4. The van der Waals surface area contributed by atoms with Crippen LogP contribution in [0.4, 0.5) is 15.0 Å². The van der Waals surface area contributed by atoms with Crippen LogP contribution >= 0.6 is 0 Å². The molecule has 2 heterocycles. The second-order valence-corrected chi connectivity index (χ2v) is 4.74. The number of aliphatic carboxylic acids is 1. The Morgan fingerprint density at radius 2 is 2.12 bits per heavy atom. The molecule has 1 unspecified atom stereocenters. The van der Waals surface area contributed by atoms with E-state index in [4.69, 9.17) is 9.84 Å². The van der Waals surface area contributed by atoms with E-state index >= 15 is 0 Å². The van der Waals surface area contributed by atoms with E-state index in [0.717, 1.165) is 0 Å². The van der Waals surface area contributed by atoms with E-state index in [1.54, 1.807) is 0 Å². The first-order chi connectivity index (χ1) is 11.3. The number of amides is 1. The van der Waals surface area contributed by atoms with Gasteiger partial charge < -0.3 is 24.8 Å². The van der Waals surface area contributed by atoms with Gasteiger partial charge in [0, 0.05) is 0 Å². The van der Waals surface area contributed by atoms with E-state index in [0.29, 0.717) is 10.8 Å². The summed E-state index contributed by atoms with van der Waals surface area (Å²) in [6.07, 6.45) is -7.54. The van der Waals surface area contributed by atoms with Crippen LogP contribution in [0.25, 0.3) is 0 Å². The van der Waals surface area contributed by atoms with Crippen molar-refractivity contribution in [2.45, 2.75) is 31.5 Å². The lowest BCUT2D eigenvalue weighted by molar-refractivity contribution is -0.155. The standard InChI is InChI=1S/C12H14FN3O8/c1-2-23-12(22)15-8-4(13)3-16(11(21)14-8)9-6(18)5(17)7(24-9)10(19)20/h3,5-7,9,17-18H,2H2,1H3,(H,19,20)(H,14,15,21,22)/t5-,6+,7-,9?/m0/s1. The van der Waals surface area contributed by atoms with Gasteiger partial charge in [0.25, 0.3) is 0 Å². The average molecular weight is 347 g/mol. The zero-order chi connectivity index (χ0) is 18.0. The number of aromatic nitrogens is 2. The molecule has 12 heteroatoms. The quantitative estimate of drug-likeness (QED) is 0.516. The summed E-state index contributed by atoms with van der Waals surface area (Å²) >= 11 is 0. The number of aliphatic hydroxyl groups excluding tert-OH is 2. The molecule has 0 spiro atoms. The number of nitrogens with zero attached hydrogens (tertiary/aromatic N) is 2. The van der Waals surface area contributed by atoms with Crippen molar-refractivity contribution in [1.82, 2.24) is 9.55 Å². The summed E-state index contributed by atoms with van der Waals surface area (Å²) < 4.78 is 23.8. The minimum atomic E-state index is -1.82. The van der Waals surface area contributed by atoms with Gasteiger partial charge in [0.1, 0.15) is 12.2 Å². The molecule has 1 aliphatic rings. The molecule has 2 rings (SSSR count). The molecule has 0 radical (unpaired) electrons. The molecule has 1 amide bonds. The smallest absolute Gasteiger partial charge is 0.412 e. The van der Waals surface area contributed by atoms with Gasteiger partial charge in [0.2, 0.25) is 0 Å². The van der Waals surface area contributed by atoms with Gasteiger partial charge in [0.05, 0.1) is 12.8 Å². The highest BCUT2D eigenvalue weighted by atomic mass is 19.1. The molecular formula is C12H14FN3O8. The van der Waals surface area contributed by atoms with Crippen LogP contribution in [0.3, 0.4) is 0 Å². The monoisotopic (exact) mass is 347 g/mol. The molecule has 1 aromatic rings. The van der Waals surface area contributed by atoms with E-state index in [1.807, 2.05) is 5.32 Å². The lowest BCUT2D eigenvalue weighted by Gasteiger charge is -2.17. The Morgan fingerprint density at radius 3 is 2.67 bits per heavy atom. The molecule has 0 bridgehead atoms. The van der Waals surface area contributed by atoms with Crippen molar-refractivity contribution in [2.24, 2.45) is 0 Å². The number of hydrogen-bond donors (Lipinski definition) is 4. The van der Waals surface area contributed by atoms with Crippen LogP contribution in [0.5, 0.6) is 0 Å². The van der Waals surface area contributed by atoms with Gasteiger partial charge in [-0.05, 0) is 6.92 Å². The van der Waals surface area contributed by atoms with Gasteiger partial charge in [-0.1, -0.05) is 0 Å². The third kappa shape index (κ3) is 3.34. The Bertz CT molecular complexity index is 708. The van der Waals surface area contributed by atoms with E-state index in [9.17, 15) is 29.0 Å². The fourth-order valence-electron chi connectivity index (χ4n) is 2.07. The minimum absolute atomic E-state index is 0.0150. The number of ether oxygens (including phenoxy) is 2. The summed E-state index contributed by atoms with van der Waals surface area (Å²) in [5.41, 5.74) is -1.15. The zero-order valence-corrected chi connectivity index (χ0v) is 12.2. The van der Waals surface area contributed by atoms with Crippen LogP contribution < -0.4 is 11.0 Å². The van der Waals surface area contributed by atoms with Crippen molar-refractivity contribution in [3.05, 3.63) is 22.5 Å². The summed E-state index contributed by atoms with van der Waals surface area (Å²) in [4.78, 5) is 37.3. The van der Waals surface area contributed by atoms with Gasteiger partial charge >= 0.3 is 17.8 Å². The normalized spacial score (nSPS) is 26.2. The molecule has 1 saturated heterocycles. The number of carboxylic acids is 1. The molecule has 0 aliphatic carbocycles. The Labute approximate surface area is 133 Å². The summed E-state index contributed by atoms with van der Waals surface area (Å²) in [7, 11) is 0. The molecule has 0 aromatic carbocycles. The molecule has 1 aromatic heterocycles. The van der Waals surface area contributed by atoms with Crippen LogP contribution in [-0.2, 0) is 14.3 Å². The predicted molar refractivity (Wildman–Crippen MR) is 72.7 cm³/mol. The Morgan fingerprint density at radius 1 is 1.46 bits per heavy atom. The van der Waals surface area contributed by atoms with Gasteiger partial charge in [-0.25, -0.2) is 18.8 Å². The molecule has 1 fully saturated rings. The highest BCUT2D eigenvalue weighted by Gasteiger charge is 2.48. The Kier molecular flexibility index (Phi) is 5.11. The third-order valence-corrected chi connectivity index (χ3v) is 3.16. The first-order valence-corrected chi connectivity index (χ1v) is 6.73. The molecule has 1 aliphatic heterocycles. The van der Waals surface area contributed by atoms with Crippen LogP contribution in [0.2, 0.25) is 0 Å². The second-order valence-electron chi connectivity index (χ2n) is 4.74. The van der Waals surface area contributed by atoms with Crippen molar-refractivity contribution in [3.8, 4) is 0 Å². The highest BCUT2D eigenvalue weighted by Crippen LogP contribution is 2.28. The molecule has 0 saturated carbocycles. The van der Waals surface area contributed by atoms with Crippen molar-refractivity contribution >= 4 is 17.9 Å². The van der Waals surface area contributed by atoms with Crippen molar-refractivity contribution in [3.63, 3.8) is 0 Å². The number of anilines is 1. The largest absolute Gasteiger partial charge is 0.479 e. The number of hydrogen-bond acceptors (Lipinski definition) is 8. The van der Waals surface area contributed by atoms with Gasteiger partial charge in [-0.15, -0.1) is 0 Å². The minimum Gasteiger partial charge on any atom is -0.479 e. The van der Waals surface area contributed by atoms with E-state index in [1.165, 1.54) is 6.92 Å². The van der Waals surface area contributed by atoms with E-state index < -0.39 is 53.9 Å². The fourth-order valence-corrected chi connectivity index (χ4v) is 2.07. The number of carboxylic acid groups (broad SMARTS) is 1. The van der Waals surface area contributed by atoms with Crippen LogP contribution in [0, 0.1) is 5.82 Å².